The lowest BCUT2D eigenvalue weighted by Gasteiger charge is -2.30. The normalized spacial score (nSPS) is 20.3. The highest BCUT2D eigenvalue weighted by Gasteiger charge is 2.18. The molecule has 1 fully saturated rings. The minimum Gasteiger partial charge on any atom is -0.339 e. The molecular weight excluding hydrogens is 290 g/mol. The van der Waals surface area contributed by atoms with Gasteiger partial charge in [-0.2, -0.15) is 0 Å². The molecule has 96 valence electrons. The summed E-state index contributed by atoms with van der Waals surface area (Å²) < 4.78 is 1.05. The molecule has 1 heterocycles. The van der Waals surface area contributed by atoms with Gasteiger partial charge in [0, 0.05) is 23.6 Å². The SMILES string of the molecule is C[C@@H]1CCCN(C(=O)/C=C\c2ccc(Br)cc2)C1. The molecule has 0 unspecified atom stereocenters. The molecule has 1 atom stereocenters. The van der Waals surface area contributed by atoms with E-state index >= 15 is 0 Å². The molecule has 1 aliphatic rings. The second-order valence-electron chi connectivity index (χ2n) is 4.92. The van der Waals surface area contributed by atoms with Crippen molar-refractivity contribution >= 4 is 27.9 Å². The number of carbonyl (C=O) groups is 1. The van der Waals surface area contributed by atoms with Gasteiger partial charge in [-0.3, -0.25) is 4.79 Å². The number of rotatable bonds is 2. The van der Waals surface area contributed by atoms with Crippen molar-refractivity contribution in [3.05, 3.63) is 40.4 Å². The van der Waals surface area contributed by atoms with Crippen LogP contribution in [0.25, 0.3) is 6.08 Å². The van der Waals surface area contributed by atoms with Crippen LogP contribution in [-0.2, 0) is 4.79 Å². The molecular formula is C15H18BrNO. The summed E-state index contributed by atoms with van der Waals surface area (Å²) in [6.07, 6.45) is 5.93. The standard InChI is InChI=1S/C15H18BrNO/c1-12-3-2-10-17(11-12)15(18)9-6-13-4-7-14(16)8-5-13/h4-9,12H,2-3,10-11H2,1H3/b9-6-/t12-/m1/s1. The lowest BCUT2D eigenvalue weighted by atomic mass is 10.0. The zero-order chi connectivity index (χ0) is 13.0. The highest BCUT2D eigenvalue weighted by Crippen LogP contribution is 2.16. The van der Waals surface area contributed by atoms with Crippen LogP contribution in [0.3, 0.4) is 0 Å². The first-order valence-electron chi connectivity index (χ1n) is 6.38. The maximum atomic E-state index is 12.0. The van der Waals surface area contributed by atoms with Crippen LogP contribution >= 0.6 is 15.9 Å². The summed E-state index contributed by atoms with van der Waals surface area (Å²) in [4.78, 5) is 14.0. The molecule has 1 aliphatic heterocycles. The maximum absolute atomic E-state index is 12.0. The maximum Gasteiger partial charge on any atom is 0.246 e. The van der Waals surface area contributed by atoms with Crippen molar-refractivity contribution in [3.63, 3.8) is 0 Å². The second kappa shape index (κ2) is 6.19. The van der Waals surface area contributed by atoms with Gasteiger partial charge in [0.15, 0.2) is 0 Å². The molecule has 0 N–H and O–H groups in total. The third-order valence-corrected chi connectivity index (χ3v) is 3.79. The molecule has 1 aromatic carbocycles. The molecule has 1 amide bonds. The van der Waals surface area contributed by atoms with E-state index in [0.29, 0.717) is 5.92 Å². The van der Waals surface area contributed by atoms with E-state index in [2.05, 4.69) is 22.9 Å². The highest BCUT2D eigenvalue weighted by atomic mass is 79.9. The molecule has 3 heteroatoms. The summed E-state index contributed by atoms with van der Waals surface area (Å²) in [5.41, 5.74) is 1.05. The van der Waals surface area contributed by atoms with E-state index in [1.165, 1.54) is 6.42 Å². The Bertz CT molecular complexity index is 438. The van der Waals surface area contributed by atoms with Crippen molar-refractivity contribution in [2.75, 3.05) is 13.1 Å². The molecule has 2 rings (SSSR count). The van der Waals surface area contributed by atoms with Gasteiger partial charge in [-0.05, 0) is 42.5 Å². The van der Waals surface area contributed by atoms with E-state index in [9.17, 15) is 4.79 Å². The van der Waals surface area contributed by atoms with Crippen molar-refractivity contribution in [2.45, 2.75) is 19.8 Å². The van der Waals surface area contributed by atoms with E-state index in [1.54, 1.807) is 6.08 Å². The van der Waals surface area contributed by atoms with Crippen LogP contribution in [0.15, 0.2) is 34.8 Å². The topological polar surface area (TPSA) is 20.3 Å². The fraction of sp³-hybridized carbons (Fsp3) is 0.400. The quantitative estimate of drug-likeness (QED) is 0.763. The zero-order valence-corrected chi connectivity index (χ0v) is 12.2. The first-order valence-corrected chi connectivity index (χ1v) is 7.17. The fourth-order valence-electron chi connectivity index (χ4n) is 2.24. The highest BCUT2D eigenvalue weighted by molar-refractivity contribution is 9.10. The Labute approximate surface area is 117 Å². The summed E-state index contributed by atoms with van der Waals surface area (Å²) >= 11 is 3.40. The van der Waals surface area contributed by atoms with Gasteiger partial charge in [0.25, 0.3) is 0 Å². The molecule has 0 aromatic heterocycles. The Morgan fingerprint density at radius 2 is 2.11 bits per heavy atom. The number of piperidine rings is 1. The van der Waals surface area contributed by atoms with E-state index in [4.69, 9.17) is 0 Å². The molecule has 1 aromatic rings. The smallest absolute Gasteiger partial charge is 0.246 e. The predicted octanol–water partition coefficient (Wildman–Crippen LogP) is 3.72. The van der Waals surface area contributed by atoms with Crippen LogP contribution in [0, 0.1) is 5.92 Å². The minimum atomic E-state index is 0.129. The van der Waals surface area contributed by atoms with Crippen LogP contribution in [0.4, 0.5) is 0 Å². The Kier molecular flexibility index (Phi) is 4.59. The van der Waals surface area contributed by atoms with Gasteiger partial charge in [-0.25, -0.2) is 0 Å². The molecule has 0 spiro atoms. The summed E-state index contributed by atoms with van der Waals surface area (Å²) in [6, 6.07) is 7.94. The Balaban J connectivity index is 1.96. The van der Waals surface area contributed by atoms with Gasteiger partial charge >= 0.3 is 0 Å². The summed E-state index contributed by atoms with van der Waals surface area (Å²) in [5, 5.41) is 0. The lowest BCUT2D eigenvalue weighted by molar-refractivity contribution is -0.127. The number of benzene rings is 1. The van der Waals surface area contributed by atoms with Crippen molar-refractivity contribution in [3.8, 4) is 0 Å². The van der Waals surface area contributed by atoms with Gasteiger partial charge in [-0.15, -0.1) is 0 Å². The Morgan fingerprint density at radius 1 is 1.39 bits per heavy atom. The van der Waals surface area contributed by atoms with E-state index in [0.717, 1.165) is 29.5 Å². The molecule has 0 aliphatic carbocycles. The van der Waals surface area contributed by atoms with Crippen LogP contribution in [0.2, 0.25) is 0 Å². The predicted molar refractivity (Wildman–Crippen MR) is 78.2 cm³/mol. The third kappa shape index (κ3) is 3.70. The molecule has 0 radical (unpaired) electrons. The van der Waals surface area contributed by atoms with Gasteiger partial charge in [-0.1, -0.05) is 35.0 Å². The average Bonchev–Trinajstić information content (AvgIpc) is 2.38. The second-order valence-corrected chi connectivity index (χ2v) is 5.83. The lowest BCUT2D eigenvalue weighted by Crippen LogP contribution is -2.38. The summed E-state index contributed by atoms with van der Waals surface area (Å²) in [6.45, 7) is 4.00. The van der Waals surface area contributed by atoms with Crippen LogP contribution in [-0.4, -0.2) is 23.9 Å². The number of hydrogen-bond acceptors (Lipinski definition) is 1. The monoisotopic (exact) mass is 307 g/mol. The van der Waals surface area contributed by atoms with Crippen LogP contribution in [0.1, 0.15) is 25.3 Å². The number of carbonyl (C=O) groups excluding carboxylic acids is 1. The fourth-order valence-corrected chi connectivity index (χ4v) is 2.50. The summed E-state index contributed by atoms with van der Waals surface area (Å²) in [5.74, 6) is 0.758. The van der Waals surface area contributed by atoms with Crippen molar-refractivity contribution in [1.29, 1.82) is 0 Å². The van der Waals surface area contributed by atoms with Gasteiger partial charge < -0.3 is 4.90 Å². The summed E-state index contributed by atoms with van der Waals surface area (Å²) in [7, 11) is 0. The minimum absolute atomic E-state index is 0.129. The van der Waals surface area contributed by atoms with E-state index < -0.39 is 0 Å². The van der Waals surface area contributed by atoms with Gasteiger partial charge in [0.2, 0.25) is 5.91 Å². The van der Waals surface area contributed by atoms with Crippen molar-refractivity contribution in [1.82, 2.24) is 4.90 Å². The van der Waals surface area contributed by atoms with Crippen LogP contribution in [0.5, 0.6) is 0 Å². The molecule has 2 nitrogen and oxygen atoms in total. The number of nitrogens with zero attached hydrogens (tertiary/aromatic N) is 1. The van der Waals surface area contributed by atoms with E-state index in [-0.39, 0.29) is 5.91 Å². The molecule has 18 heavy (non-hydrogen) atoms. The number of amides is 1. The number of likely N-dealkylation sites (tertiary alicyclic amines) is 1. The van der Waals surface area contributed by atoms with Crippen LogP contribution < -0.4 is 0 Å². The first-order chi connectivity index (χ1) is 8.65. The van der Waals surface area contributed by atoms with E-state index in [1.807, 2.05) is 35.2 Å². The Hall–Kier alpha value is -1.09. The molecule has 0 saturated carbocycles. The third-order valence-electron chi connectivity index (χ3n) is 3.26. The Morgan fingerprint density at radius 3 is 2.78 bits per heavy atom. The van der Waals surface area contributed by atoms with Gasteiger partial charge in [0.05, 0.1) is 0 Å². The van der Waals surface area contributed by atoms with Crippen molar-refractivity contribution < 1.29 is 4.79 Å². The molecule has 0 bridgehead atoms. The number of halogens is 1. The number of hydrogen-bond donors (Lipinski definition) is 0. The van der Waals surface area contributed by atoms with Crippen molar-refractivity contribution in [2.24, 2.45) is 5.92 Å². The average molecular weight is 308 g/mol. The first kappa shape index (κ1) is 13.3. The molecule has 1 saturated heterocycles. The zero-order valence-electron chi connectivity index (χ0n) is 10.6. The largest absolute Gasteiger partial charge is 0.339 e. The van der Waals surface area contributed by atoms with Gasteiger partial charge in [0.1, 0.15) is 0 Å².